The molecule has 106 valence electrons. The average Bonchev–Trinajstić information content (AvgIpc) is 2.37. The van der Waals surface area contributed by atoms with Crippen molar-refractivity contribution in [2.24, 2.45) is 11.6 Å². The van der Waals surface area contributed by atoms with Gasteiger partial charge in [-0.15, -0.1) is 0 Å². The Hall–Kier alpha value is -1.93. The van der Waals surface area contributed by atoms with Gasteiger partial charge in [0, 0.05) is 12.1 Å². The Labute approximate surface area is 111 Å². The van der Waals surface area contributed by atoms with Crippen LogP contribution in [-0.2, 0) is 9.53 Å². The third-order valence-corrected chi connectivity index (χ3v) is 2.38. The molecule has 0 aliphatic heterocycles. The van der Waals surface area contributed by atoms with E-state index in [1.165, 1.54) is 6.33 Å². The van der Waals surface area contributed by atoms with Crippen LogP contribution in [0.15, 0.2) is 6.33 Å². The molecular weight excluding hydrogens is 248 g/mol. The van der Waals surface area contributed by atoms with Crippen molar-refractivity contribution in [2.75, 3.05) is 30.5 Å². The van der Waals surface area contributed by atoms with Crippen LogP contribution in [0.3, 0.4) is 0 Å². The molecule has 1 amide bonds. The van der Waals surface area contributed by atoms with E-state index in [9.17, 15) is 4.79 Å². The largest absolute Gasteiger partial charge is 0.370 e. The molecule has 6 N–H and O–H groups in total. The molecule has 0 bridgehead atoms. The highest BCUT2D eigenvalue weighted by atomic mass is 16.5. The van der Waals surface area contributed by atoms with Crippen LogP contribution in [0.2, 0.25) is 0 Å². The predicted octanol–water partition coefficient (Wildman–Crippen LogP) is -0.201. The minimum Gasteiger partial charge on any atom is -0.370 e. The number of carbonyl (C=O) groups is 1. The van der Waals surface area contributed by atoms with E-state index in [0.717, 1.165) is 5.56 Å². The third kappa shape index (κ3) is 4.68. The van der Waals surface area contributed by atoms with E-state index in [0.29, 0.717) is 24.8 Å². The van der Waals surface area contributed by atoms with Crippen molar-refractivity contribution in [1.29, 1.82) is 0 Å². The number of nitrogens with zero attached hydrogens (tertiary/aromatic N) is 2. The maximum absolute atomic E-state index is 10.5. The number of hydrogen-bond donors (Lipinski definition) is 4. The molecule has 0 atom stereocenters. The molecule has 1 rings (SSSR count). The molecule has 0 saturated heterocycles. The number of hydrogen-bond acceptors (Lipinski definition) is 7. The number of rotatable bonds is 8. The van der Waals surface area contributed by atoms with Gasteiger partial charge in [0.15, 0.2) is 0 Å². The molecule has 8 heteroatoms. The van der Waals surface area contributed by atoms with Gasteiger partial charge < -0.3 is 21.2 Å². The smallest absolute Gasteiger partial charge is 0.243 e. The van der Waals surface area contributed by atoms with Crippen molar-refractivity contribution in [2.45, 2.75) is 19.8 Å². The first-order chi connectivity index (χ1) is 9.06. The molecule has 0 aliphatic carbocycles. The maximum atomic E-state index is 10.5. The Kier molecular flexibility index (Phi) is 5.97. The SMILES string of the molecule is CC(C)c1c(NN)ncnc1NCCOCC(N)=O. The summed E-state index contributed by atoms with van der Waals surface area (Å²) in [6.45, 7) is 4.82. The van der Waals surface area contributed by atoms with Crippen molar-refractivity contribution in [3.63, 3.8) is 0 Å². The first-order valence-electron chi connectivity index (χ1n) is 5.97. The number of nitrogens with one attached hydrogen (secondary N) is 2. The number of anilines is 2. The van der Waals surface area contributed by atoms with Gasteiger partial charge in [0.05, 0.1) is 6.61 Å². The van der Waals surface area contributed by atoms with Gasteiger partial charge in [-0.1, -0.05) is 13.8 Å². The molecule has 0 radical (unpaired) electrons. The van der Waals surface area contributed by atoms with Crippen LogP contribution in [0.25, 0.3) is 0 Å². The minimum absolute atomic E-state index is 0.0852. The molecule has 0 unspecified atom stereocenters. The number of aromatic nitrogens is 2. The van der Waals surface area contributed by atoms with E-state index in [1.54, 1.807) is 0 Å². The van der Waals surface area contributed by atoms with E-state index in [4.69, 9.17) is 16.3 Å². The van der Waals surface area contributed by atoms with Crippen LogP contribution in [0.1, 0.15) is 25.3 Å². The molecule has 8 nitrogen and oxygen atoms in total. The number of nitrogens with two attached hydrogens (primary N) is 2. The Morgan fingerprint density at radius 1 is 1.42 bits per heavy atom. The fraction of sp³-hybridized carbons (Fsp3) is 0.545. The molecule has 0 aliphatic rings. The van der Waals surface area contributed by atoms with Gasteiger partial charge in [-0.2, -0.15) is 0 Å². The number of carbonyl (C=O) groups excluding carboxylic acids is 1. The highest BCUT2D eigenvalue weighted by Gasteiger charge is 2.13. The molecule has 0 saturated carbocycles. The van der Waals surface area contributed by atoms with Gasteiger partial charge in [-0.3, -0.25) is 4.79 Å². The molecule has 19 heavy (non-hydrogen) atoms. The summed E-state index contributed by atoms with van der Waals surface area (Å²) in [5.41, 5.74) is 8.41. The van der Waals surface area contributed by atoms with E-state index in [2.05, 4.69) is 20.7 Å². The first-order valence-corrected chi connectivity index (χ1v) is 5.97. The van der Waals surface area contributed by atoms with Crippen LogP contribution in [-0.4, -0.2) is 35.6 Å². The summed E-state index contributed by atoms with van der Waals surface area (Å²) in [5, 5.41) is 3.12. The van der Waals surface area contributed by atoms with Gasteiger partial charge in [0.1, 0.15) is 24.6 Å². The molecule has 0 spiro atoms. The molecule has 1 heterocycles. The monoisotopic (exact) mass is 268 g/mol. The number of hydrazine groups is 1. The van der Waals surface area contributed by atoms with Crippen molar-refractivity contribution in [3.05, 3.63) is 11.9 Å². The van der Waals surface area contributed by atoms with Gasteiger partial charge in [0.2, 0.25) is 5.91 Å². The highest BCUT2D eigenvalue weighted by Crippen LogP contribution is 2.27. The highest BCUT2D eigenvalue weighted by molar-refractivity contribution is 5.74. The van der Waals surface area contributed by atoms with Crippen LogP contribution in [0.4, 0.5) is 11.6 Å². The Balaban J connectivity index is 2.60. The van der Waals surface area contributed by atoms with Crippen molar-refractivity contribution < 1.29 is 9.53 Å². The quantitative estimate of drug-likeness (QED) is 0.292. The lowest BCUT2D eigenvalue weighted by Gasteiger charge is -2.16. The van der Waals surface area contributed by atoms with E-state index < -0.39 is 5.91 Å². The lowest BCUT2D eigenvalue weighted by atomic mass is 10.0. The van der Waals surface area contributed by atoms with E-state index >= 15 is 0 Å². The summed E-state index contributed by atoms with van der Waals surface area (Å²) in [6.07, 6.45) is 1.42. The van der Waals surface area contributed by atoms with E-state index in [1.807, 2.05) is 13.8 Å². The van der Waals surface area contributed by atoms with Crippen molar-refractivity contribution >= 4 is 17.5 Å². The second-order valence-corrected chi connectivity index (χ2v) is 4.23. The fourth-order valence-electron chi connectivity index (χ4n) is 1.61. The zero-order valence-electron chi connectivity index (χ0n) is 11.1. The summed E-state index contributed by atoms with van der Waals surface area (Å²) in [5.74, 6) is 6.43. The maximum Gasteiger partial charge on any atom is 0.243 e. The Morgan fingerprint density at radius 3 is 2.68 bits per heavy atom. The summed E-state index contributed by atoms with van der Waals surface area (Å²) in [7, 11) is 0. The van der Waals surface area contributed by atoms with Crippen LogP contribution < -0.4 is 22.3 Å². The topological polar surface area (TPSA) is 128 Å². The lowest BCUT2D eigenvalue weighted by molar-refractivity contribution is -0.122. The van der Waals surface area contributed by atoms with Crippen LogP contribution in [0, 0.1) is 0 Å². The number of nitrogen functional groups attached to an aromatic ring is 1. The van der Waals surface area contributed by atoms with Crippen LogP contribution in [0.5, 0.6) is 0 Å². The predicted molar refractivity (Wildman–Crippen MR) is 72.4 cm³/mol. The minimum atomic E-state index is -0.487. The summed E-state index contributed by atoms with van der Waals surface area (Å²) in [4.78, 5) is 18.7. The number of ether oxygens (including phenoxy) is 1. The second-order valence-electron chi connectivity index (χ2n) is 4.23. The van der Waals surface area contributed by atoms with Gasteiger partial charge >= 0.3 is 0 Å². The summed E-state index contributed by atoms with van der Waals surface area (Å²) < 4.78 is 5.05. The molecule has 0 aromatic carbocycles. The average molecular weight is 268 g/mol. The second kappa shape index (κ2) is 7.49. The number of amides is 1. The van der Waals surface area contributed by atoms with Crippen molar-refractivity contribution in [1.82, 2.24) is 9.97 Å². The molecule has 1 aromatic heterocycles. The van der Waals surface area contributed by atoms with Gasteiger partial charge in [-0.25, -0.2) is 15.8 Å². The summed E-state index contributed by atoms with van der Waals surface area (Å²) >= 11 is 0. The Morgan fingerprint density at radius 2 is 2.11 bits per heavy atom. The Bertz CT molecular complexity index is 424. The molecule has 1 aromatic rings. The van der Waals surface area contributed by atoms with E-state index in [-0.39, 0.29) is 12.5 Å². The number of primary amides is 1. The van der Waals surface area contributed by atoms with Gasteiger partial charge in [-0.05, 0) is 5.92 Å². The zero-order chi connectivity index (χ0) is 14.3. The lowest BCUT2D eigenvalue weighted by Crippen LogP contribution is -2.21. The standard InChI is InChI=1S/C11H20N6O2/c1-7(2)9-10(15-6-16-11(9)17-13)14-3-4-19-5-8(12)18/h6-7H,3-5,13H2,1-2H3,(H2,12,18)(H2,14,15,16,17). The van der Waals surface area contributed by atoms with Crippen molar-refractivity contribution in [3.8, 4) is 0 Å². The normalized spacial score (nSPS) is 10.5. The molecule has 0 fully saturated rings. The summed E-state index contributed by atoms with van der Waals surface area (Å²) in [6, 6.07) is 0. The van der Waals surface area contributed by atoms with Crippen LogP contribution >= 0.6 is 0 Å². The molecular formula is C11H20N6O2. The zero-order valence-corrected chi connectivity index (χ0v) is 11.1. The first kappa shape index (κ1) is 15.1. The third-order valence-electron chi connectivity index (χ3n) is 2.38. The van der Waals surface area contributed by atoms with Gasteiger partial charge in [0.25, 0.3) is 0 Å². The fourth-order valence-corrected chi connectivity index (χ4v) is 1.61.